The molecular weight excluding hydrogens is 218 g/mol. The van der Waals surface area contributed by atoms with Gasteiger partial charge in [0.1, 0.15) is 5.69 Å². The minimum Gasteiger partial charge on any atom is -0.461 e. The Morgan fingerprint density at radius 2 is 2.06 bits per heavy atom. The number of esters is 1. The fourth-order valence-corrected chi connectivity index (χ4v) is 1.91. The summed E-state index contributed by atoms with van der Waals surface area (Å²) in [7, 11) is 0. The normalized spacial score (nSPS) is 12.8. The second-order valence-corrected chi connectivity index (χ2v) is 4.51. The molecule has 0 saturated heterocycles. The van der Waals surface area contributed by atoms with Gasteiger partial charge < -0.3 is 4.74 Å². The molecule has 96 valence electrons. The Bertz CT molecular complexity index is 360. The number of hydrogen-bond acceptors (Lipinski definition) is 4. The van der Waals surface area contributed by atoms with E-state index >= 15 is 0 Å². The number of nitrogens with zero attached hydrogens (tertiary/aromatic N) is 2. The van der Waals surface area contributed by atoms with Crippen LogP contribution in [0.5, 0.6) is 0 Å². The first kappa shape index (κ1) is 13.7. The predicted molar refractivity (Wildman–Crippen MR) is 64.8 cm³/mol. The van der Waals surface area contributed by atoms with E-state index in [1.807, 2.05) is 0 Å². The summed E-state index contributed by atoms with van der Waals surface area (Å²) in [6.45, 7) is 8.55. The lowest BCUT2D eigenvalue weighted by atomic mass is 9.91. The van der Waals surface area contributed by atoms with Crippen molar-refractivity contribution in [3.63, 3.8) is 0 Å². The van der Waals surface area contributed by atoms with Gasteiger partial charge in [-0.2, -0.15) is 10.3 Å². The van der Waals surface area contributed by atoms with Gasteiger partial charge in [0, 0.05) is 5.92 Å². The number of aromatic nitrogens is 3. The third-order valence-corrected chi connectivity index (χ3v) is 2.68. The van der Waals surface area contributed by atoms with Crippen LogP contribution >= 0.6 is 0 Å². The largest absolute Gasteiger partial charge is 0.461 e. The van der Waals surface area contributed by atoms with Gasteiger partial charge in [0.25, 0.3) is 0 Å². The smallest absolute Gasteiger partial charge is 0.360 e. The Morgan fingerprint density at radius 3 is 2.59 bits per heavy atom. The first-order valence-corrected chi connectivity index (χ1v) is 6.17. The molecule has 1 N–H and O–H groups in total. The topological polar surface area (TPSA) is 67.9 Å². The molecule has 1 heterocycles. The van der Waals surface area contributed by atoms with Crippen molar-refractivity contribution in [1.82, 2.24) is 15.4 Å². The van der Waals surface area contributed by atoms with Crippen LogP contribution in [0, 0.1) is 5.92 Å². The molecule has 0 saturated carbocycles. The third kappa shape index (κ3) is 3.54. The molecule has 1 aromatic heterocycles. The van der Waals surface area contributed by atoms with E-state index in [0.717, 1.165) is 18.5 Å². The Balaban J connectivity index is 2.88. The average molecular weight is 239 g/mol. The lowest BCUT2D eigenvalue weighted by Crippen LogP contribution is -2.12. The quantitative estimate of drug-likeness (QED) is 0.774. The van der Waals surface area contributed by atoms with Crippen molar-refractivity contribution in [3.8, 4) is 0 Å². The van der Waals surface area contributed by atoms with Gasteiger partial charge >= 0.3 is 5.97 Å². The fourth-order valence-electron chi connectivity index (χ4n) is 1.91. The molecule has 5 heteroatoms. The monoisotopic (exact) mass is 239 g/mol. The molecule has 1 rings (SSSR count). The molecule has 0 fully saturated rings. The number of carbonyl (C=O) groups is 1. The highest BCUT2D eigenvalue weighted by atomic mass is 16.5. The van der Waals surface area contributed by atoms with Gasteiger partial charge in [0.2, 0.25) is 0 Å². The highest BCUT2D eigenvalue weighted by molar-refractivity contribution is 5.88. The molecule has 1 atom stereocenters. The van der Waals surface area contributed by atoms with Crippen molar-refractivity contribution in [1.29, 1.82) is 0 Å². The van der Waals surface area contributed by atoms with Crippen molar-refractivity contribution in [2.45, 2.75) is 46.5 Å². The number of carbonyl (C=O) groups excluding carboxylic acids is 1. The molecule has 0 bridgehead atoms. The van der Waals surface area contributed by atoms with Crippen LogP contribution in [-0.2, 0) is 4.74 Å². The van der Waals surface area contributed by atoms with Crippen LogP contribution < -0.4 is 0 Å². The van der Waals surface area contributed by atoms with Crippen molar-refractivity contribution in [2.75, 3.05) is 6.61 Å². The lowest BCUT2D eigenvalue weighted by molar-refractivity contribution is 0.0517. The summed E-state index contributed by atoms with van der Waals surface area (Å²) in [4.78, 5) is 11.7. The number of nitrogens with one attached hydrogen (secondary N) is 1. The molecule has 0 amide bonds. The molecule has 0 aliphatic carbocycles. The van der Waals surface area contributed by atoms with Gasteiger partial charge in [-0.1, -0.05) is 20.8 Å². The third-order valence-electron chi connectivity index (χ3n) is 2.68. The van der Waals surface area contributed by atoms with Crippen LogP contribution in [0.4, 0.5) is 0 Å². The van der Waals surface area contributed by atoms with Gasteiger partial charge in [-0.25, -0.2) is 4.79 Å². The highest BCUT2D eigenvalue weighted by Crippen LogP contribution is 2.27. The SMILES string of the molecule is CCOC(=O)c1n[nH]nc1C(CC)CC(C)C. The second-order valence-electron chi connectivity index (χ2n) is 4.51. The molecule has 0 aliphatic heterocycles. The molecular formula is C12H21N3O2. The Morgan fingerprint density at radius 1 is 1.35 bits per heavy atom. The number of H-pyrrole nitrogens is 1. The Hall–Kier alpha value is -1.39. The van der Waals surface area contributed by atoms with Crippen molar-refractivity contribution < 1.29 is 9.53 Å². The van der Waals surface area contributed by atoms with Crippen LogP contribution in [0.2, 0.25) is 0 Å². The highest BCUT2D eigenvalue weighted by Gasteiger charge is 2.24. The minimum absolute atomic E-state index is 0.258. The van der Waals surface area contributed by atoms with Crippen LogP contribution in [0.15, 0.2) is 0 Å². The second kappa shape index (κ2) is 6.37. The van der Waals surface area contributed by atoms with E-state index in [0.29, 0.717) is 18.2 Å². The average Bonchev–Trinajstić information content (AvgIpc) is 2.74. The molecule has 0 spiro atoms. The number of hydrogen-bond donors (Lipinski definition) is 1. The molecule has 0 radical (unpaired) electrons. The standard InChI is InChI=1S/C12H21N3O2/c1-5-9(7-8(3)4)10-11(14-15-13-10)12(16)17-6-2/h8-9H,5-7H2,1-4H3,(H,13,14,15). The first-order valence-electron chi connectivity index (χ1n) is 6.17. The summed E-state index contributed by atoms with van der Waals surface area (Å²) in [6.07, 6.45) is 1.94. The van der Waals surface area contributed by atoms with E-state index in [1.54, 1.807) is 6.92 Å². The van der Waals surface area contributed by atoms with E-state index in [9.17, 15) is 4.79 Å². The van der Waals surface area contributed by atoms with Crippen molar-refractivity contribution >= 4 is 5.97 Å². The summed E-state index contributed by atoms with van der Waals surface area (Å²) in [5.74, 6) is 0.429. The minimum atomic E-state index is -0.390. The van der Waals surface area contributed by atoms with E-state index in [2.05, 4.69) is 36.2 Å². The van der Waals surface area contributed by atoms with Gasteiger partial charge in [-0.05, 0) is 25.7 Å². The maximum Gasteiger partial charge on any atom is 0.360 e. The summed E-state index contributed by atoms with van der Waals surface area (Å²) in [5, 5.41) is 10.5. The van der Waals surface area contributed by atoms with Gasteiger partial charge in [-0.15, -0.1) is 5.10 Å². The summed E-state index contributed by atoms with van der Waals surface area (Å²) in [5.41, 5.74) is 1.07. The summed E-state index contributed by atoms with van der Waals surface area (Å²) < 4.78 is 4.97. The van der Waals surface area contributed by atoms with E-state index in [-0.39, 0.29) is 5.92 Å². The molecule has 1 unspecified atom stereocenters. The van der Waals surface area contributed by atoms with Crippen LogP contribution in [0.1, 0.15) is 62.6 Å². The summed E-state index contributed by atoms with van der Waals surface area (Å²) >= 11 is 0. The maximum atomic E-state index is 11.7. The van der Waals surface area contributed by atoms with E-state index in [4.69, 9.17) is 4.74 Å². The van der Waals surface area contributed by atoms with E-state index in [1.165, 1.54) is 0 Å². The molecule has 5 nitrogen and oxygen atoms in total. The number of rotatable bonds is 6. The Labute approximate surface area is 102 Å². The molecule has 17 heavy (non-hydrogen) atoms. The van der Waals surface area contributed by atoms with Crippen LogP contribution in [0.3, 0.4) is 0 Å². The lowest BCUT2D eigenvalue weighted by Gasteiger charge is -2.15. The van der Waals surface area contributed by atoms with Crippen LogP contribution in [0.25, 0.3) is 0 Å². The first-order chi connectivity index (χ1) is 8.10. The predicted octanol–water partition coefficient (Wildman–Crippen LogP) is 2.52. The maximum absolute atomic E-state index is 11.7. The zero-order valence-electron chi connectivity index (χ0n) is 11.0. The van der Waals surface area contributed by atoms with Crippen molar-refractivity contribution in [2.24, 2.45) is 5.92 Å². The molecule has 0 aliphatic rings. The van der Waals surface area contributed by atoms with Crippen LogP contribution in [-0.4, -0.2) is 28.0 Å². The van der Waals surface area contributed by atoms with Crippen molar-refractivity contribution in [3.05, 3.63) is 11.4 Å². The molecule has 1 aromatic rings. The Kier molecular flexibility index (Phi) is 5.12. The molecule has 0 aromatic carbocycles. The van der Waals surface area contributed by atoms with Gasteiger partial charge in [0.15, 0.2) is 5.69 Å². The number of aromatic amines is 1. The van der Waals surface area contributed by atoms with Gasteiger partial charge in [-0.3, -0.25) is 0 Å². The zero-order valence-corrected chi connectivity index (χ0v) is 11.0. The fraction of sp³-hybridized carbons (Fsp3) is 0.750. The van der Waals surface area contributed by atoms with Gasteiger partial charge in [0.05, 0.1) is 6.61 Å². The summed E-state index contributed by atoms with van der Waals surface area (Å²) in [6, 6.07) is 0. The number of ether oxygens (including phenoxy) is 1. The zero-order chi connectivity index (χ0) is 12.8. The van der Waals surface area contributed by atoms with E-state index < -0.39 is 5.97 Å².